The topological polar surface area (TPSA) is 0 Å². The minimum absolute atomic E-state index is 0.100. The van der Waals surface area contributed by atoms with E-state index in [1.807, 2.05) is 3.21 Å². The summed E-state index contributed by atoms with van der Waals surface area (Å²) in [4.78, 5) is 0. The predicted octanol–water partition coefficient (Wildman–Crippen LogP) is 13.3. The monoisotopic (exact) mass is 690 g/mol. The Balaban J connectivity index is 1.81. The van der Waals surface area contributed by atoms with Crippen molar-refractivity contribution in [2.45, 2.75) is 128 Å². The third-order valence-electron chi connectivity index (χ3n) is 12.4. The molecule has 0 atom stereocenters. The number of benzene rings is 3. The number of hydrogen-bond acceptors (Lipinski definition) is 0. The molecule has 0 heterocycles. The Morgan fingerprint density at radius 1 is 0.652 bits per heavy atom. The van der Waals surface area contributed by atoms with Gasteiger partial charge in [-0.1, -0.05) is 0 Å². The zero-order chi connectivity index (χ0) is 33.4. The third kappa shape index (κ3) is 5.50. The molecule has 1 saturated carbocycles. The van der Waals surface area contributed by atoms with E-state index in [1.54, 1.807) is 16.7 Å². The van der Waals surface area contributed by atoms with Gasteiger partial charge in [-0.3, -0.25) is 0 Å². The quantitative estimate of drug-likeness (QED) is 0.241. The van der Waals surface area contributed by atoms with Crippen molar-refractivity contribution >= 4 is 3.21 Å². The van der Waals surface area contributed by atoms with Gasteiger partial charge in [0.25, 0.3) is 0 Å². The van der Waals surface area contributed by atoms with Crippen molar-refractivity contribution in [2.75, 3.05) is 0 Å². The van der Waals surface area contributed by atoms with Gasteiger partial charge in [0.05, 0.1) is 0 Å². The summed E-state index contributed by atoms with van der Waals surface area (Å²) in [7, 11) is 0. The molecular formula is C45H60Zr. The van der Waals surface area contributed by atoms with Gasteiger partial charge in [-0.15, -0.1) is 0 Å². The molecule has 3 aromatic carbocycles. The first-order valence-electron chi connectivity index (χ1n) is 18.3. The van der Waals surface area contributed by atoms with Crippen LogP contribution in [0.3, 0.4) is 0 Å². The molecule has 1 fully saturated rings. The Kier molecular flexibility index (Phi) is 8.45. The number of allylic oxidation sites excluding steroid dienone is 4. The van der Waals surface area contributed by atoms with Crippen molar-refractivity contribution in [3.8, 4) is 11.1 Å². The van der Waals surface area contributed by atoms with E-state index in [0.717, 1.165) is 0 Å². The molecule has 0 amide bonds. The van der Waals surface area contributed by atoms with Gasteiger partial charge < -0.3 is 0 Å². The molecular weight excluding hydrogens is 632 g/mol. The summed E-state index contributed by atoms with van der Waals surface area (Å²) in [6.07, 6.45) is 14.0. The molecule has 3 aromatic rings. The van der Waals surface area contributed by atoms with Crippen LogP contribution in [-0.4, -0.2) is 3.21 Å². The van der Waals surface area contributed by atoms with Gasteiger partial charge in [0, 0.05) is 0 Å². The van der Waals surface area contributed by atoms with E-state index in [2.05, 4.69) is 157 Å². The van der Waals surface area contributed by atoms with Gasteiger partial charge in [-0.25, -0.2) is 0 Å². The number of hydrogen-bond donors (Lipinski definition) is 0. The first kappa shape index (κ1) is 33.8. The summed E-state index contributed by atoms with van der Waals surface area (Å²) in [5, 5.41) is 0. The van der Waals surface area contributed by atoms with Crippen molar-refractivity contribution in [2.24, 2.45) is 5.92 Å². The van der Waals surface area contributed by atoms with Gasteiger partial charge in [0.1, 0.15) is 0 Å². The van der Waals surface area contributed by atoms with Crippen LogP contribution in [0.5, 0.6) is 0 Å². The second-order valence-corrected chi connectivity index (χ2v) is 35.9. The molecule has 6 rings (SSSR count). The van der Waals surface area contributed by atoms with E-state index < -0.39 is 18.3 Å². The summed E-state index contributed by atoms with van der Waals surface area (Å²) < 4.78 is 8.57. The Morgan fingerprint density at radius 2 is 1.11 bits per heavy atom. The van der Waals surface area contributed by atoms with Crippen LogP contribution < -0.4 is 0 Å². The molecule has 1 heteroatoms. The summed E-state index contributed by atoms with van der Waals surface area (Å²) in [6.45, 7) is 23.8. The molecule has 0 radical (unpaired) electrons. The van der Waals surface area contributed by atoms with Crippen LogP contribution in [0, 0.1) is 5.92 Å². The zero-order valence-electron chi connectivity index (χ0n) is 31.0. The van der Waals surface area contributed by atoms with Crippen LogP contribution in [0.4, 0.5) is 0 Å². The van der Waals surface area contributed by atoms with Gasteiger partial charge in [-0.05, 0) is 0 Å². The summed E-state index contributed by atoms with van der Waals surface area (Å²) >= 11 is -4.20. The Bertz CT molecular complexity index is 1690. The molecule has 0 N–H and O–H groups in total. The first-order valence-corrected chi connectivity index (χ1v) is 27.3. The second kappa shape index (κ2) is 11.5. The van der Waals surface area contributed by atoms with Crippen LogP contribution in [0.25, 0.3) is 11.1 Å². The predicted molar refractivity (Wildman–Crippen MR) is 201 cm³/mol. The fraction of sp³-hybridized carbons (Fsp3) is 0.489. The van der Waals surface area contributed by atoms with E-state index in [0.29, 0.717) is 25.0 Å². The van der Waals surface area contributed by atoms with Gasteiger partial charge >= 0.3 is 284 Å². The molecule has 3 aliphatic carbocycles. The fourth-order valence-corrected chi connectivity index (χ4v) is 27.6. The van der Waals surface area contributed by atoms with Crippen LogP contribution >= 0.6 is 0 Å². The second-order valence-electron chi connectivity index (χ2n) is 18.7. The molecule has 0 nitrogen and oxygen atoms in total. The zero-order valence-corrected chi connectivity index (χ0v) is 33.5. The van der Waals surface area contributed by atoms with Crippen molar-refractivity contribution in [3.63, 3.8) is 0 Å². The molecule has 0 unspecified atom stereocenters. The average molecular weight is 692 g/mol. The molecule has 0 aliphatic heterocycles. The number of fused-ring (bicyclic) bond motifs is 3. The first-order chi connectivity index (χ1) is 21.4. The Morgan fingerprint density at radius 3 is 1.48 bits per heavy atom. The van der Waals surface area contributed by atoms with Crippen molar-refractivity contribution < 1.29 is 18.3 Å². The van der Waals surface area contributed by atoms with Crippen LogP contribution in [-0.2, 0) is 29.1 Å². The molecule has 0 aromatic heterocycles. The fourth-order valence-electron chi connectivity index (χ4n) is 9.23. The Labute approximate surface area is 282 Å². The van der Waals surface area contributed by atoms with Crippen molar-refractivity contribution in [3.05, 3.63) is 118 Å². The SMILES string of the molecule is CC(C)c1cc([C](C2CCC2)=[Zr]([CH3])([CH3])([CH]2C=CC=C2)[CH]2c3cc(C(C)(C)C)ccc3-c3ccc(C(C)(C)C)cc32)cc(C(C)C)c1. The van der Waals surface area contributed by atoms with Crippen LogP contribution in [0.1, 0.15) is 143 Å². The van der Waals surface area contributed by atoms with E-state index in [9.17, 15) is 0 Å². The number of rotatable bonds is 6. The standard InChI is InChI=1S/C21H25.C17H24.C5H5.2CH3.Zr/c1-20(2,3)16-7-9-18-14(12-16)11-15-13-17(21(4,5)6)8-10-19(15)18;1-12(2)16-9-15(8-14-6-5-7-14)10-17(11-16)13(3)4;1-2-4-5-3-1;;;/h7-13H,1-6H3;9-14H,5-7H2,1-4H3;1-5H;2*1H3;. The van der Waals surface area contributed by atoms with Crippen LogP contribution in [0.2, 0.25) is 12.9 Å². The normalized spacial score (nSPS) is 17.6. The van der Waals surface area contributed by atoms with Crippen LogP contribution in [0.15, 0.2) is 78.9 Å². The molecule has 46 heavy (non-hydrogen) atoms. The Hall–Kier alpha value is -2.11. The molecule has 0 saturated heterocycles. The van der Waals surface area contributed by atoms with E-state index in [-0.39, 0.29) is 10.8 Å². The van der Waals surface area contributed by atoms with Gasteiger partial charge in [-0.2, -0.15) is 0 Å². The third-order valence-corrected chi connectivity index (χ3v) is 30.2. The van der Waals surface area contributed by atoms with Crippen molar-refractivity contribution in [1.82, 2.24) is 0 Å². The van der Waals surface area contributed by atoms with E-state index in [4.69, 9.17) is 0 Å². The average Bonchev–Trinajstić information content (AvgIpc) is 3.61. The summed E-state index contributed by atoms with van der Waals surface area (Å²) in [5.74, 6) is 1.70. The maximum atomic E-state index is 2.88. The molecule has 244 valence electrons. The summed E-state index contributed by atoms with van der Waals surface area (Å²) in [6, 6.07) is 22.9. The van der Waals surface area contributed by atoms with Crippen molar-refractivity contribution in [1.29, 1.82) is 0 Å². The molecule has 3 aliphatic rings. The maximum absolute atomic E-state index is 4.20. The van der Waals surface area contributed by atoms with Gasteiger partial charge in [0.15, 0.2) is 0 Å². The molecule has 0 bridgehead atoms. The van der Waals surface area contributed by atoms with E-state index in [1.165, 1.54) is 52.6 Å². The summed E-state index contributed by atoms with van der Waals surface area (Å²) in [5.41, 5.74) is 13.9. The van der Waals surface area contributed by atoms with E-state index >= 15 is 0 Å². The van der Waals surface area contributed by atoms with Gasteiger partial charge in [0.2, 0.25) is 0 Å². The molecule has 0 spiro atoms. The minimum atomic E-state index is -4.20.